The molecule has 0 aromatic rings. The minimum atomic E-state index is -1.30. The van der Waals surface area contributed by atoms with Crippen molar-refractivity contribution in [3.63, 3.8) is 0 Å². The van der Waals surface area contributed by atoms with Gasteiger partial charge in [-0.2, -0.15) is 5.26 Å². The van der Waals surface area contributed by atoms with E-state index in [0.29, 0.717) is 19.5 Å². The Bertz CT molecular complexity index is 950. The molecule has 1 saturated carbocycles. The average Bonchev–Trinajstić information content (AvgIpc) is 3.52. The zero-order valence-electron chi connectivity index (χ0n) is 19.8. The number of hydrogen-bond acceptors (Lipinski definition) is 5. The van der Waals surface area contributed by atoms with Crippen molar-refractivity contribution in [1.29, 1.82) is 5.26 Å². The Morgan fingerprint density at radius 3 is 2.56 bits per heavy atom. The van der Waals surface area contributed by atoms with Gasteiger partial charge in [0, 0.05) is 19.0 Å². The van der Waals surface area contributed by atoms with Gasteiger partial charge >= 0.3 is 6.09 Å². The van der Waals surface area contributed by atoms with Gasteiger partial charge in [-0.05, 0) is 48.3 Å². The van der Waals surface area contributed by atoms with Gasteiger partial charge in [0.1, 0.15) is 18.1 Å². The van der Waals surface area contributed by atoms with Crippen LogP contribution in [0.1, 0.15) is 40.0 Å². The van der Waals surface area contributed by atoms with Crippen molar-refractivity contribution in [3.05, 3.63) is 12.2 Å². The van der Waals surface area contributed by atoms with E-state index >= 15 is 0 Å². The van der Waals surface area contributed by atoms with E-state index in [1.54, 1.807) is 20.8 Å². The molecular formula is C24H33N5O5. The van der Waals surface area contributed by atoms with Crippen molar-refractivity contribution in [1.82, 2.24) is 20.9 Å². The van der Waals surface area contributed by atoms with Crippen LogP contribution in [0.15, 0.2) is 12.2 Å². The summed E-state index contributed by atoms with van der Waals surface area (Å²) in [6.07, 6.45) is 4.76. The molecule has 0 radical (unpaired) electrons. The molecule has 10 heteroatoms. The molecule has 2 aliphatic carbocycles. The highest BCUT2D eigenvalue weighted by Gasteiger charge is 2.59. The Morgan fingerprint density at radius 2 is 1.97 bits per heavy atom. The van der Waals surface area contributed by atoms with Crippen molar-refractivity contribution in [2.75, 3.05) is 13.1 Å². The van der Waals surface area contributed by atoms with Crippen LogP contribution in [0.5, 0.6) is 0 Å². The van der Waals surface area contributed by atoms with Crippen LogP contribution in [0.25, 0.3) is 0 Å². The van der Waals surface area contributed by atoms with Gasteiger partial charge in [-0.1, -0.05) is 32.9 Å². The number of likely N-dealkylation sites (tertiary alicyclic amines) is 1. The van der Waals surface area contributed by atoms with E-state index in [0.717, 1.165) is 6.42 Å². The quantitative estimate of drug-likeness (QED) is 0.422. The first-order chi connectivity index (χ1) is 16.0. The van der Waals surface area contributed by atoms with Crippen LogP contribution in [0, 0.1) is 46.3 Å². The predicted octanol–water partition coefficient (Wildman–Crippen LogP) is 0.852. The summed E-state index contributed by atoms with van der Waals surface area (Å²) in [4.78, 5) is 52.2. The highest BCUT2D eigenvalue weighted by Crippen LogP contribution is 2.54. The number of allylic oxidation sites excluding steroid dienone is 2. The molecule has 4 aliphatic rings. The summed E-state index contributed by atoms with van der Waals surface area (Å²) in [5.74, 6) is -0.752. The maximum atomic E-state index is 13.7. The van der Waals surface area contributed by atoms with Gasteiger partial charge in [-0.15, -0.1) is 0 Å². The Kier molecular flexibility index (Phi) is 6.32. The fraction of sp³-hybridized carbons (Fsp3) is 0.708. The Morgan fingerprint density at radius 1 is 1.26 bits per heavy atom. The second kappa shape index (κ2) is 8.93. The van der Waals surface area contributed by atoms with Crippen molar-refractivity contribution in [2.24, 2.45) is 35.0 Å². The summed E-state index contributed by atoms with van der Waals surface area (Å²) >= 11 is 0. The van der Waals surface area contributed by atoms with E-state index in [1.165, 1.54) is 4.90 Å². The number of nitriles is 1. The minimum Gasteiger partial charge on any atom is -0.465 e. The van der Waals surface area contributed by atoms with Gasteiger partial charge in [0.15, 0.2) is 0 Å². The Hall–Kier alpha value is -3.09. The summed E-state index contributed by atoms with van der Waals surface area (Å²) in [5.41, 5.74) is -0.698. The van der Waals surface area contributed by atoms with E-state index in [2.05, 4.69) is 34.2 Å². The molecule has 2 heterocycles. The van der Waals surface area contributed by atoms with Gasteiger partial charge in [-0.3, -0.25) is 14.4 Å². The third-order valence-electron chi connectivity index (χ3n) is 7.88. The van der Waals surface area contributed by atoms with Crippen molar-refractivity contribution in [3.8, 4) is 6.07 Å². The topological polar surface area (TPSA) is 152 Å². The average molecular weight is 472 g/mol. The molecule has 0 spiro atoms. The van der Waals surface area contributed by atoms with Gasteiger partial charge in [-0.25, -0.2) is 4.79 Å². The molecule has 2 saturated heterocycles. The van der Waals surface area contributed by atoms with Crippen LogP contribution < -0.4 is 16.0 Å². The SMILES string of the molecule is CC(C)(C)[C@H](NC(=O)O)C(=O)N1C[C@H]2[C@@H]([C@H]1C(=O)N[C@H](C#N)C[C@@H]1CCNC1=O)[C@H]1C=C[C@@H]2C1. The third kappa shape index (κ3) is 4.36. The van der Waals surface area contributed by atoms with E-state index in [-0.39, 0.29) is 41.9 Å². The Labute approximate surface area is 199 Å². The van der Waals surface area contributed by atoms with Gasteiger partial charge in [0.05, 0.1) is 6.07 Å². The molecule has 34 heavy (non-hydrogen) atoms. The maximum Gasteiger partial charge on any atom is 0.405 e. The van der Waals surface area contributed by atoms with Gasteiger partial charge in [0.2, 0.25) is 17.7 Å². The molecule has 10 nitrogen and oxygen atoms in total. The van der Waals surface area contributed by atoms with Crippen LogP contribution >= 0.6 is 0 Å². The molecule has 184 valence electrons. The fourth-order valence-corrected chi connectivity index (χ4v) is 6.27. The summed E-state index contributed by atoms with van der Waals surface area (Å²) < 4.78 is 0. The smallest absolute Gasteiger partial charge is 0.405 e. The Balaban J connectivity index is 1.57. The molecule has 2 bridgehead atoms. The number of amides is 4. The van der Waals surface area contributed by atoms with Crippen LogP contribution in [0.4, 0.5) is 4.79 Å². The van der Waals surface area contributed by atoms with Gasteiger partial charge < -0.3 is 26.0 Å². The minimum absolute atomic E-state index is 0.0708. The highest BCUT2D eigenvalue weighted by molar-refractivity contribution is 5.93. The number of nitrogens with zero attached hydrogens (tertiary/aromatic N) is 2. The zero-order chi connectivity index (χ0) is 24.8. The summed E-state index contributed by atoms with van der Waals surface area (Å²) in [6.45, 7) is 6.27. The van der Waals surface area contributed by atoms with Crippen LogP contribution in [0.2, 0.25) is 0 Å². The number of fused-ring (bicyclic) bond motifs is 5. The molecule has 0 unspecified atom stereocenters. The number of hydrogen-bond donors (Lipinski definition) is 4. The van der Waals surface area contributed by atoms with E-state index in [4.69, 9.17) is 0 Å². The van der Waals surface area contributed by atoms with Gasteiger partial charge in [0.25, 0.3) is 0 Å². The lowest BCUT2D eigenvalue weighted by molar-refractivity contribution is -0.143. The maximum absolute atomic E-state index is 13.7. The number of carboxylic acid groups (broad SMARTS) is 1. The number of rotatable bonds is 6. The molecule has 4 rings (SSSR count). The lowest BCUT2D eigenvalue weighted by Gasteiger charge is -2.36. The molecule has 8 atom stereocenters. The number of carbonyl (C=O) groups excluding carboxylic acids is 3. The second-order valence-electron chi connectivity index (χ2n) is 11.1. The molecule has 0 aromatic carbocycles. The molecular weight excluding hydrogens is 438 g/mol. The molecule has 3 fully saturated rings. The first-order valence-corrected chi connectivity index (χ1v) is 12.0. The van der Waals surface area contributed by atoms with Crippen molar-refractivity contribution < 1.29 is 24.3 Å². The largest absolute Gasteiger partial charge is 0.465 e. The molecule has 2 aliphatic heterocycles. The molecule has 0 aromatic heterocycles. The summed E-state index contributed by atoms with van der Waals surface area (Å²) in [6, 6.07) is -0.551. The van der Waals surface area contributed by atoms with Crippen LogP contribution in [0.3, 0.4) is 0 Å². The van der Waals surface area contributed by atoms with Crippen molar-refractivity contribution >= 4 is 23.8 Å². The monoisotopic (exact) mass is 471 g/mol. The first kappa shape index (κ1) is 24.0. The number of nitrogens with one attached hydrogen (secondary N) is 3. The molecule has 4 N–H and O–H groups in total. The fourth-order valence-electron chi connectivity index (χ4n) is 6.27. The third-order valence-corrected chi connectivity index (χ3v) is 7.88. The standard InChI is InChI=1S/C24H33N5O5/c1-24(2,3)19(28-23(33)34)22(32)29-11-16-12-4-5-13(8-12)17(16)18(29)21(31)27-15(10-25)9-14-6-7-26-20(14)30/h4-5,12-19,28H,6-9,11H2,1-3H3,(H,26,30)(H,27,31)(H,33,34)/t12-,13+,14+,15+,16-,17+,18+,19-/m1/s1. The van der Waals surface area contributed by atoms with E-state index in [9.17, 15) is 29.5 Å². The first-order valence-electron chi connectivity index (χ1n) is 12.0. The molecule has 4 amide bonds. The lowest BCUT2D eigenvalue weighted by atomic mass is 9.81. The predicted molar refractivity (Wildman–Crippen MR) is 121 cm³/mol. The van der Waals surface area contributed by atoms with Crippen molar-refractivity contribution in [2.45, 2.75) is 58.2 Å². The highest BCUT2D eigenvalue weighted by atomic mass is 16.4. The zero-order valence-corrected chi connectivity index (χ0v) is 19.8. The van der Waals surface area contributed by atoms with Crippen LogP contribution in [-0.4, -0.2) is 65.0 Å². The summed E-state index contributed by atoms with van der Waals surface area (Å²) in [5, 5.41) is 26.9. The van der Waals surface area contributed by atoms with Crippen LogP contribution in [-0.2, 0) is 14.4 Å². The normalized spacial score (nSPS) is 33.1. The van der Waals surface area contributed by atoms with E-state index < -0.39 is 41.4 Å². The van der Waals surface area contributed by atoms with E-state index in [1.807, 2.05) is 0 Å². The second-order valence-corrected chi connectivity index (χ2v) is 11.1. The lowest BCUT2D eigenvalue weighted by Crippen LogP contribution is -2.59. The number of carbonyl (C=O) groups is 4. The summed E-state index contributed by atoms with van der Waals surface area (Å²) in [7, 11) is 0.